The molecule has 0 atom stereocenters. The van der Waals surface area contributed by atoms with Crippen LogP contribution in [0.4, 0.5) is 4.39 Å². The van der Waals surface area contributed by atoms with Crippen LogP contribution < -0.4 is 20.3 Å². The number of benzene rings is 1. The SMILES string of the molecule is COc1ccc(F)cc1CCOc1nc2sc(-n3nccn3)c(C)c2c(=O)n1CCNC(C)=O. The molecule has 12 heteroatoms. The van der Waals surface area contributed by atoms with E-state index in [2.05, 4.69) is 20.5 Å². The number of nitrogens with zero attached hydrogens (tertiary/aromatic N) is 5. The molecule has 34 heavy (non-hydrogen) atoms. The molecule has 0 aliphatic heterocycles. The maximum Gasteiger partial charge on any atom is 0.300 e. The molecule has 0 saturated carbocycles. The molecule has 3 aromatic heterocycles. The number of carbonyl (C=O) groups is 1. The minimum atomic E-state index is -0.378. The Labute approximate surface area is 197 Å². The van der Waals surface area contributed by atoms with Crippen LogP contribution in [0.25, 0.3) is 15.2 Å². The zero-order valence-corrected chi connectivity index (χ0v) is 19.7. The topological polar surface area (TPSA) is 113 Å². The van der Waals surface area contributed by atoms with Gasteiger partial charge in [-0.2, -0.15) is 15.2 Å². The summed E-state index contributed by atoms with van der Waals surface area (Å²) in [5.41, 5.74) is 1.05. The minimum absolute atomic E-state index is 0.111. The molecule has 3 heterocycles. The number of rotatable bonds is 9. The first-order valence-electron chi connectivity index (χ1n) is 10.5. The van der Waals surface area contributed by atoms with Gasteiger partial charge in [0, 0.05) is 37.6 Å². The maximum absolute atomic E-state index is 13.7. The van der Waals surface area contributed by atoms with Crippen molar-refractivity contribution >= 4 is 27.5 Å². The van der Waals surface area contributed by atoms with Gasteiger partial charge in [-0.1, -0.05) is 11.3 Å². The summed E-state index contributed by atoms with van der Waals surface area (Å²) in [5.74, 6) is -0.0420. The average Bonchev–Trinajstić information content (AvgIpc) is 3.44. The van der Waals surface area contributed by atoms with Crippen molar-refractivity contribution in [3.63, 3.8) is 0 Å². The number of thiophene rings is 1. The van der Waals surface area contributed by atoms with E-state index in [1.165, 1.54) is 46.9 Å². The standard InChI is InChI=1S/C22H23FN6O4S/c1-13-18-19(34-21(13)29-25-7-8-26-29)27-22(28(20(18)31)10-9-24-14(2)30)33-11-6-15-12-16(23)4-5-17(15)32-3/h4-5,7-8,12H,6,9-11H2,1-3H3,(H,24,30). The predicted octanol–water partition coefficient (Wildman–Crippen LogP) is 2.25. The monoisotopic (exact) mass is 486 g/mol. The molecule has 4 rings (SSSR count). The van der Waals surface area contributed by atoms with Gasteiger partial charge >= 0.3 is 6.01 Å². The third-order valence-corrected chi connectivity index (χ3v) is 6.30. The van der Waals surface area contributed by atoms with E-state index >= 15 is 0 Å². The molecule has 10 nitrogen and oxygen atoms in total. The van der Waals surface area contributed by atoms with Crippen molar-refractivity contribution in [1.29, 1.82) is 0 Å². The molecule has 0 aliphatic carbocycles. The molecule has 1 N–H and O–H groups in total. The summed E-state index contributed by atoms with van der Waals surface area (Å²) in [4.78, 5) is 31.3. The van der Waals surface area contributed by atoms with Crippen LogP contribution in [0, 0.1) is 12.7 Å². The number of aromatic nitrogens is 5. The summed E-state index contributed by atoms with van der Waals surface area (Å²) >= 11 is 1.28. The minimum Gasteiger partial charge on any atom is -0.496 e. The highest BCUT2D eigenvalue weighted by atomic mass is 32.1. The molecule has 1 amide bonds. The predicted molar refractivity (Wildman–Crippen MR) is 124 cm³/mol. The van der Waals surface area contributed by atoms with Gasteiger partial charge in [0.1, 0.15) is 21.4 Å². The molecule has 0 saturated heterocycles. The van der Waals surface area contributed by atoms with Gasteiger partial charge < -0.3 is 14.8 Å². The van der Waals surface area contributed by atoms with Gasteiger partial charge in [-0.25, -0.2) is 4.39 Å². The molecule has 178 valence electrons. The highest BCUT2D eigenvalue weighted by Gasteiger charge is 2.20. The zero-order valence-electron chi connectivity index (χ0n) is 18.9. The maximum atomic E-state index is 13.7. The number of methoxy groups -OCH3 is 1. The normalized spacial score (nSPS) is 11.1. The van der Waals surface area contributed by atoms with E-state index < -0.39 is 0 Å². The number of halogens is 1. The Balaban J connectivity index is 1.68. The Morgan fingerprint density at radius 2 is 2.03 bits per heavy atom. The average molecular weight is 487 g/mol. The molecule has 0 aliphatic rings. The Kier molecular flexibility index (Phi) is 6.87. The molecular weight excluding hydrogens is 463 g/mol. The lowest BCUT2D eigenvalue weighted by atomic mass is 10.1. The second-order valence-corrected chi connectivity index (χ2v) is 8.40. The Morgan fingerprint density at radius 1 is 1.26 bits per heavy atom. The highest BCUT2D eigenvalue weighted by molar-refractivity contribution is 7.21. The molecule has 0 spiro atoms. The van der Waals surface area contributed by atoms with E-state index in [4.69, 9.17) is 9.47 Å². The largest absolute Gasteiger partial charge is 0.496 e. The summed E-state index contributed by atoms with van der Waals surface area (Å²) in [7, 11) is 1.51. The van der Waals surface area contributed by atoms with E-state index in [1.807, 2.05) is 6.92 Å². The third kappa shape index (κ3) is 4.76. The van der Waals surface area contributed by atoms with Crippen molar-refractivity contribution < 1.29 is 18.7 Å². The van der Waals surface area contributed by atoms with Crippen LogP contribution in [0.3, 0.4) is 0 Å². The number of carbonyl (C=O) groups excluding carboxylic acids is 1. The van der Waals surface area contributed by atoms with Crippen molar-refractivity contribution in [2.45, 2.75) is 26.8 Å². The molecular formula is C22H23FN6O4S. The summed E-state index contributed by atoms with van der Waals surface area (Å²) < 4.78 is 26.3. The van der Waals surface area contributed by atoms with Crippen molar-refractivity contribution in [3.8, 4) is 16.8 Å². The Morgan fingerprint density at radius 3 is 2.74 bits per heavy atom. The van der Waals surface area contributed by atoms with Gasteiger partial charge in [-0.3, -0.25) is 14.2 Å². The number of amides is 1. The van der Waals surface area contributed by atoms with Gasteiger partial charge in [0.25, 0.3) is 5.56 Å². The van der Waals surface area contributed by atoms with Crippen molar-refractivity contribution in [1.82, 2.24) is 29.9 Å². The van der Waals surface area contributed by atoms with E-state index in [0.717, 1.165) is 0 Å². The lowest BCUT2D eigenvalue weighted by Crippen LogP contribution is -2.31. The first-order valence-corrected chi connectivity index (χ1v) is 11.3. The fourth-order valence-electron chi connectivity index (χ4n) is 3.54. The fraction of sp³-hybridized carbons (Fsp3) is 0.318. The second-order valence-electron chi connectivity index (χ2n) is 7.42. The number of ether oxygens (including phenoxy) is 2. The number of nitrogens with one attached hydrogen (secondary N) is 1. The molecule has 4 aromatic rings. The fourth-order valence-corrected chi connectivity index (χ4v) is 4.62. The summed E-state index contributed by atoms with van der Waals surface area (Å²) in [6, 6.07) is 4.37. The van der Waals surface area contributed by atoms with Crippen molar-refractivity contribution in [3.05, 3.63) is 57.9 Å². The van der Waals surface area contributed by atoms with Gasteiger partial charge in [0.2, 0.25) is 5.91 Å². The van der Waals surface area contributed by atoms with E-state index in [1.54, 1.807) is 18.5 Å². The van der Waals surface area contributed by atoms with E-state index in [0.29, 0.717) is 38.5 Å². The number of hydrogen-bond donors (Lipinski definition) is 1. The van der Waals surface area contributed by atoms with Crippen LogP contribution >= 0.6 is 11.3 Å². The Bertz CT molecular complexity index is 1380. The smallest absolute Gasteiger partial charge is 0.300 e. The summed E-state index contributed by atoms with van der Waals surface area (Å²) in [6.07, 6.45) is 3.45. The van der Waals surface area contributed by atoms with Crippen LogP contribution in [0.15, 0.2) is 35.4 Å². The van der Waals surface area contributed by atoms with Crippen LogP contribution in [0.5, 0.6) is 11.8 Å². The number of aryl methyl sites for hydroxylation is 1. The van der Waals surface area contributed by atoms with Gasteiger partial charge in [0.05, 0.1) is 31.5 Å². The first-order chi connectivity index (χ1) is 16.4. The van der Waals surface area contributed by atoms with Crippen LogP contribution in [0.2, 0.25) is 0 Å². The quantitative estimate of drug-likeness (QED) is 0.386. The first kappa shape index (κ1) is 23.4. The lowest BCUT2D eigenvalue weighted by Gasteiger charge is -2.14. The van der Waals surface area contributed by atoms with E-state index in [-0.39, 0.29) is 43.0 Å². The summed E-state index contributed by atoms with van der Waals surface area (Å²) in [6.45, 7) is 3.75. The summed E-state index contributed by atoms with van der Waals surface area (Å²) in [5, 5.41) is 12.1. The molecule has 1 aromatic carbocycles. The highest BCUT2D eigenvalue weighted by Crippen LogP contribution is 2.31. The van der Waals surface area contributed by atoms with Crippen molar-refractivity contribution in [2.24, 2.45) is 0 Å². The Hall–Kier alpha value is -3.80. The molecule has 0 unspecified atom stereocenters. The molecule has 0 radical (unpaired) electrons. The van der Waals surface area contributed by atoms with Gasteiger partial charge in [0.15, 0.2) is 0 Å². The number of fused-ring (bicyclic) bond motifs is 1. The lowest BCUT2D eigenvalue weighted by molar-refractivity contribution is -0.119. The number of hydrogen-bond acceptors (Lipinski definition) is 8. The van der Waals surface area contributed by atoms with Crippen molar-refractivity contribution in [2.75, 3.05) is 20.3 Å². The van der Waals surface area contributed by atoms with Crippen LogP contribution in [0.1, 0.15) is 18.1 Å². The van der Waals surface area contributed by atoms with E-state index in [9.17, 15) is 14.0 Å². The molecule has 0 bridgehead atoms. The van der Waals surface area contributed by atoms with Crippen LogP contribution in [-0.4, -0.2) is 50.7 Å². The third-order valence-electron chi connectivity index (χ3n) is 5.14. The molecule has 0 fully saturated rings. The zero-order chi connectivity index (χ0) is 24.2. The van der Waals surface area contributed by atoms with Gasteiger partial charge in [-0.15, -0.1) is 4.80 Å². The second kappa shape index (κ2) is 10.00. The van der Waals surface area contributed by atoms with Gasteiger partial charge in [-0.05, 0) is 25.1 Å². The van der Waals surface area contributed by atoms with Crippen LogP contribution in [-0.2, 0) is 17.8 Å².